The molecule has 0 aliphatic carbocycles. The summed E-state index contributed by atoms with van der Waals surface area (Å²) in [5.74, 6) is 0. The Morgan fingerprint density at radius 1 is 1.20 bits per heavy atom. The molecule has 0 aromatic rings. The number of unbranched alkanes of at least 4 members (excludes halogenated alkanes) is 1. The van der Waals surface area contributed by atoms with Crippen molar-refractivity contribution in [2.24, 2.45) is 5.73 Å². The van der Waals surface area contributed by atoms with Crippen molar-refractivity contribution in [3.8, 4) is 0 Å². The highest BCUT2D eigenvalue weighted by Gasteiger charge is 2.26. The van der Waals surface area contributed by atoms with Crippen molar-refractivity contribution in [3.05, 3.63) is 0 Å². The van der Waals surface area contributed by atoms with E-state index >= 15 is 0 Å². The molecular formula is C10H21F3N2. The zero-order valence-electron chi connectivity index (χ0n) is 9.48. The smallest absolute Gasteiger partial charge is 0.328 e. The van der Waals surface area contributed by atoms with E-state index in [9.17, 15) is 13.2 Å². The van der Waals surface area contributed by atoms with Crippen LogP contribution in [0.4, 0.5) is 13.2 Å². The Kier molecular flexibility index (Phi) is 6.92. The number of nitrogens with two attached hydrogens (primary N) is 1. The van der Waals surface area contributed by atoms with E-state index in [0.29, 0.717) is 6.54 Å². The van der Waals surface area contributed by atoms with Crippen LogP contribution >= 0.6 is 0 Å². The van der Waals surface area contributed by atoms with E-state index in [0.717, 1.165) is 19.3 Å². The van der Waals surface area contributed by atoms with E-state index in [1.807, 2.05) is 6.92 Å². The molecule has 2 N–H and O–H groups in total. The highest BCUT2D eigenvalue weighted by atomic mass is 19.4. The van der Waals surface area contributed by atoms with Crippen molar-refractivity contribution in [2.75, 3.05) is 20.1 Å². The predicted octanol–water partition coefficient (Wildman–Crippen LogP) is 2.39. The van der Waals surface area contributed by atoms with Gasteiger partial charge in [0.05, 0.1) is 6.42 Å². The van der Waals surface area contributed by atoms with Crippen molar-refractivity contribution in [1.29, 1.82) is 0 Å². The summed E-state index contributed by atoms with van der Waals surface area (Å²) in [6.07, 6.45) is -1.94. The number of nitrogens with zero attached hydrogens (tertiary/aromatic N) is 1. The number of rotatable bonds is 7. The standard InChI is InChI=1S/C10H21F3N2/c1-9(14)5-3-4-7-15(2)8-6-10(11,12)13/h9H,3-8,14H2,1-2H3. The second kappa shape index (κ2) is 7.06. The van der Waals surface area contributed by atoms with Gasteiger partial charge in [0.1, 0.15) is 0 Å². The molecule has 5 heteroatoms. The lowest BCUT2D eigenvalue weighted by Gasteiger charge is -2.17. The number of hydrogen-bond acceptors (Lipinski definition) is 2. The number of alkyl halides is 3. The second-order valence-electron chi connectivity index (χ2n) is 4.14. The van der Waals surface area contributed by atoms with Gasteiger partial charge in [-0.25, -0.2) is 0 Å². The van der Waals surface area contributed by atoms with Gasteiger partial charge in [0, 0.05) is 12.6 Å². The highest BCUT2D eigenvalue weighted by Crippen LogP contribution is 2.19. The van der Waals surface area contributed by atoms with Crippen LogP contribution in [0.25, 0.3) is 0 Å². The van der Waals surface area contributed by atoms with Gasteiger partial charge in [0.15, 0.2) is 0 Å². The van der Waals surface area contributed by atoms with E-state index in [2.05, 4.69) is 0 Å². The van der Waals surface area contributed by atoms with Crippen molar-refractivity contribution < 1.29 is 13.2 Å². The first-order chi connectivity index (χ1) is 6.81. The Labute approximate surface area is 89.6 Å². The maximum absolute atomic E-state index is 11.9. The molecule has 2 nitrogen and oxygen atoms in total. The quantitative estimate of drug-likeness (QED) is 0.675. The van der Waals surface area contributed by atoms with Crippen molar-refractivity contribution in [2.45, 2.75) is 44.8 Å². The van der Waals surface area contributed by atoms with Crippen LogP contribution in [0.1, 0.15) is 32.6 Å². The largest absolute Gasteiger partial charge is 0.390 e. The van der Waals surface area contributed by atoms with Crippen LogP contribution in [0.15, 0.2) is 0 Å². The molecular weight excluding hydrogens is 205 g/mol. The Morgan fingerprint density at radius 3 is 2.27 bits per heavy atom. The van der Waals surface area contributed by atoms with Gasteiger partial charge >= 0.3 is 6.18 Å². The fraction of sp³-hybridized carbons (Fsp3) is 1.00. The van der Waals surface area contributed by atoms with Crippen molar-refractivity contribution >= 4 is 0 Å². The summed E-state index contributed by atoms with van der Waals surface area (Å²) in [6.45, 7) is 2.73. The van der Waals surface area contributed by atoms with Crippen LogP contribution in [0.5, 0.6) is 0 Å². The molecule has 0 aromatic carbocycles. The maximum atomic E-state index is 11.9. The van der Waals surface area contributed by atoms with Gasteiger partial charge in [0.2, 0.25) is 0 Å². The third-order valence-corrected chi connectivity index (χ3v) is 2.23. The minimum Gasteiger partial charge on any atom is -0.328 e. The molecule has 0 amide bonds. The zero-order valence-corrected chi connectivity index (χ0v) is 9.48. The Balaban J connectivity index is 3.38. The molecule has 0 radical (unpaired) electrons. The van der Waals surface area contributed by atoms with Crippen LogP contribution in [0.2, 0.25) is 0 Å². The van der Waals surface area contributed by atoms with Crippen molar-refractivity contribution in [1.82, 2.24) is 4.90 Å². The number of hydrogen-bond donors (Lipinski definition) is 1. The summed E-state index contributed by atoms with van der Waals surface area (Å²) in [5.41, 5.74) is 5.56. The van der Waals surface area contributed by atoms with Gasteiger partial charge < -0.3 is 10.6 Å². The van der Waals surface area contributed by atoms with Crippen LogP contribution in [-0.4, -0.2) is 37.3 Å². The van der Waals surface area contributed by atoms with E-state index in [4.69, 9.17) is 5.73 Å². The third-order valence-electron chi connectivity index (χ3n) is 2.23. The summed E-state index contributed by atoms with van der Waals surface area (Å²) in [4.78, 5) is 1.72. The summed E-state index contributed by atoms with van der Waals surface area (Å²) in [5, 5.41) is 0. The first kappa shape index (κ1) is 14.7. The molecule has 15 heavy (non-hydrogen) atoms. The average Bonchev–Trinajstić information content (AvgIpc) is 2.07. The zero-order chi connectivity index (χ0) is 11.9. The fourth-order valence-electron chi connectivity index (χ4n) is 1.28. The molecule has 0 aliphatic rings. The first-order valence-electron chi connectivity index (χ1n) is 5.32. The topological polar surface area (TPSA) is 29.3 Å². The minimum absolute atomic E-state index is 0.0850. The van der Waals surface area contributed by atoms with E-state index in [-0.39, 0.29) is 12.6 Å². The minimum atomic E-state index is -4.04. The molecule has 0 spiro atoms. The molecule has 0 saturated carbocycles. The second-order valence-corrected chi connectivity index (χ2v) is 4.14. The van der Waals surface area contributed by atoms with Gasteiger partial charge in [-0.15, -0.1) is 0 Å². The molecule has 0 saturated heterocycles. The van der Waals surface area contributed by atoms with Gasteiger partial charge in [0.25, 0.3) is 0 Å². The van der Waals surface area contributed by atoms with E-state index in [1.54, 1.807) is 11.9 Å². The lowest BCUT2D eigenvalue weighted by molar-refractivity contribution is -0.137. The maximum Gasteiger partial charge on any atom is 0.390 e. The predicted molar refractivity (Wildman–Crippen MR) is 55.7 cm³/mol. The normalized spacial score (nSPS) is 14.6. The average molecular weight is 226 g/mol. The third kappa shape index (κ3) is 11.6. The molecule has 0 rings (SSSR count). The molecule has 1 unspecified atom stereocenters. The molecule has 92 valence electrons. The Morgan fingerprint density at radius 2 is 1.80 bits per heavy atom. The highest BCUT2D eigenvalue weighted by molar-refractivity contribution is 4.59. The first-order valence-corrected chi connectivity index (χ1v) is 5.32. The van der Waals surface area contributed by atoms with Crippen LogP contribution in [-0.2, 0) is 0 Å². The molecule has 0 aliphatic heterocycles. The van der Waals surface area contributed by atoms with Crippen LogP contribution in [0.3, 0.4) is 0 Å². The Hall–Kier alpha value is -0.290. The SMILES string of the molecule is CC(N)CCCCN(C)CCC(F)(F)F. The van der Waals surface area contributed by atoms with Crippen LogP contribution < -0.4 is 5.73 Å². The van der Waals surface area contributed by atoms with Gasteiger partial charge in [-0.05, 0) is 33.4 Å². The monoisotopic (exact) mass is 226 g/mol. The van der Waals surface area contributed by atoms with Crippen molar-refractivity contribution in [3.63, 3.8) is 0 Å². The molecule has 0 fully saturated rings. The van der Waals surface area contributed by atoms with Gasteiger partial charge in [-0.3, -0.25) is 0 Å². The lowest BCUT2D eigenvalue weighted by atomic mass is 10.1. The fourth-order valence-corrected chi connectivity index (χ4v) is 1.28. The van der Waals surface area contributed by atoms with Gasteiger partial charge in [-0.1, -0.05) is 6.42 Å². The summed E-state index contributed by atoms with van der Waals surface area (Å²) in [6, 6.07) is 0.186. The summed E-state index contributed by atoms with van der Waals surface area (Å²) < 4.78 is 35.6. The molecule has 0 bridgehead atoms. The van der Waals surface area contributed by atoms with E-state index < -0.39 is 12.6 Å². The van der Waals surface area contributed by atoms with Gasteiger partial charge in [-0.2, -0.15) is 13.2 Å². The molecule has 1 atom stereocenters. The molecule has 0 aromatic heterocycles. The summed E-state index contributed by atoms with van der Waals surface area (Å²) in [7, 11) is 1.72. The molecule has 0 heterocycles. The summed E-state index contributed by atoms with van der Waals surface area (Å²) >= 11 is 0. The van der Waals surface area contributed by atoms with Crippen LogP contribution in [0, 0.1) is 0 Å². The number of halogens is 3. The Bertz CT molecular complexity index is 157. The van der Waals surface area contributed by atoms with E-state index in [1.165, 1.54) is 0 Å². The lowest BCUT2D eigenvalue weighted by Crippen LogP contribution is -2.25.